The predicted octanol–water partition coefficient (Wildman–Crippen LogP) is 4.40. The average Bonchev–Trinajstić information content (AvgIpc) is 3.43. The highest BCUT2D eigenvalue weighted by Gasteiger charge is 2.42. The molecule has 1 aliphatic rings. The molecule has 1 fully saturated rings. The van der Waals surface area contributed by atoms with Crippen molar-refractivity contribution in [2.45, 2.75) is 52.7 Å². The highest BCUT2D eigenvalue weighted by molar-refractivity contribution is 7.14. The first-order chi connectivity index (χ1) is 14.2. The molecule has 0 bridgehead atoms. The van der Waals surface area contributed by atoms with Crippen LogP contribution in [0.3, 0.4) is 0 Å². The molecule has 1 saturated heterocycles. The number of hydrogen-bond acceptors (Lipinski definition) is 8. The predicted molar refractivity (Wildman–Crippen MR) is 118 cm³/mol. The Hall–Kier alpha value is -2.10. The summed E-state index contributed by atoms with van der Waals surface area (Å²) >= 11 is 3.10. The van der Waals surface area contributed by atoms with Crippen LogP contribution in [0.15, 0.2) is 16.8 Å². The molecule has 1 N–H and O–H groups in total. The van der Waals surface area contributed by atoms with Crippen LogP contribution in [0, 0.1) is 11.8 Å². The van der Waals surface area contributed by atoms with E-state index in [0.29, 0.717) is 11.6 Å². The molecule has 3 heterocycles. The SMILES string of the molecule is CC(C)c1nc(-c2nc(/C=C/[C@@H](O)[C@H](C)C(=O)N3C(=O)OC[C@@H]3C(C)C)cs2)cs1. The van der Waals surface area contributed by atoms with Crippen LogP contribution in [0.4, 0.5) is 4.79 Å². The largest absolute Gasteiger partial charge is 0.447 e. The van der Waals surface area contributed by atoms with E-state index < -0.39 is 24.0 Å². The molecule has 2 aromatic rings. The van der Waals surface area contributed by atoms with Crippen molar-refractivity contribution in [1.82, 2.24) is 14.9 Å². The monoisotopic (exact) mass is 449 g/mol. The molecule has 9 heteroatoms. The number of aromatic nitrogens is 2. The van der Waals surface area contributed by atoms with Gasteiger partial charge in [-0.05, 0) is 12.0 Å². The van der Waals surface area contributed by atoms with Crippen molar-refractivity contribution in [3.8, 4) is 10.7 Å². The highest BCUT2D eigenvalue weighted by atomic mass is 32.1. The Labute approximate surface area is 184 Å². The number of aliphatic hydroxyl groups excluding tert-OH is 1. The maximum absolute atomic E-state index is 12.8. The number of aliphatic hydroxyl groups is 1. The first-order valence-electron chi connectivity index (χ1n) is 9.96. The van der Waals surface area contributed by atoms with Crippen molar-refractivity contribution in [2.24, 2.45) is 11.8 Å². The third-order valence-electron chi connectivity index (χ3n) is 5.04. The third-order valence-corrected chi connectivity index (χ3v) is 7.06. The van der Waals surface area contributed by atoms with Gasteiger partial charge in [0.2, 0.25) is 5.91 Å². The summed E-state index contributed by atoms with van der Waals surface area (Å²) in [5.74, 6) is -0.759. The van der Waals surface area contributed by atoms with Crippen molar-refractivity contribution >= 4 is 40.8 Å². The molecular formula is C21H27N3O4S2. The zero-order chi connectivity index (χ0) is 22.0. The van der Waals surface area contributed by atoms with Crippen LogP contribution in [0.25, 0.3) is 16.8 Å². The van der Waals surface area contributed by atoms with Crippen LogP contribution in [0.1, 0.15) is 51.2 Å². The molecule has 0 spiro atoms. The fourth-order valence-corrected chi connectivity index (χ4v) is 4.68. The fourth-order valence-electron chi connectivity index (χ4n) is 3.04. The van der Waals surface area contributed by atoms with Gasteiger partial charge in [0.05, 0.1) is 28.8 Å². The summed E-state index contributed by atoms with van der Waals surface area (Å²) in [4.78, 5) is 35.1. The number of imide groups is 1. The number of carbonyl (C=O) groups is 2. The quantitative estimate of drug-likeness (QED) is 0.673. The smallest absolute Gasteiger partial charge is 0.416 e. The van der Waals surface area contributed by atoms with Crippen LogP contribution in [0.2, 0.25) is 0 Å². The number of rotatable bonds is 7. The van der Waals surface area contributed by atoms with Gasteiger partial charge in [0.1, 0.15) is 17.3 Å². The Morgan fingerprint density at radius 2 is 1.97 bits per heavy atom. The highest BCUT2D eigenvalue weighted by Crippen LogP contribution is 2.29. The molecule has 7 nitrogen and oxygen atoms in total. The first kappa shape index (κ1) is 22.6. The summed E-state index contributed by atoms with van der Waals surface area (Å²) in [5.41, 5.74) is 1.54. The van der Waals surface area contributed by atoms with E-state index in [1.54, 1.807) is 24.3 Å². The van der Waals surface area contributed by atoms with Crippen molar-refractivity contribution in [1.29, 1.82) is 0 Å². The number of ether oxygens (including phenoxy) is 1. The molecule has 0 aliphatic carbocycles. The van der Waals surface area contributed by atoms with Crippen LogP contribution in [-0.4, -0.2) is 50.7 Å². The number of nitrogens with zero attached hydrogens (tertiary/aromatic N) is 3. The molecule has 2 amide bonds. The van der Waals surface area contributed by atoms with Gasteiger partial charge in [0.25, 0.3) is 0 Å². The minimum absolute atomic E-state index is 0.0793. The fraction of sp³-hybridized carbons (Fsp3) is 0.524. The number of cyclic esters (lactones) is 1. The Bertz CT molecular complexity index is 934. The van der Waals surface area contributed by atoms with E-state index in [9.17, 15) is 14.7 Å². The Kier molecular flexibility index (Phi) is 7.05. The van der Waals surface area contributed by atoms with Gasteiger partial charge in [-0.2, -0.15) is 0 Å². The molecule has 0 unspecified atom stereocenters. The molecule has 3 atom stereocenters. The van der Waals surface area contributed by atoms with Crippen LogP contribution in [0.5, 0.6) is 0 Å². The van der Waals surface area contributed by atoms with E-state index in [4.69, 9.17) is 4.74 Å². The summed E-state index contributed by atoms with van der Waals surface area (Å²) in [5, 5.41) is 16.3. The van der Waals surface area contributed by atoms with Crippen LogP contribution < -0.4 is 0 Å². The molecule has 0 radical (unpaired) electrons. The summed E-state index contributed by atoms with van der Waals surface area (Å²) in [6.07, 6.45) is 1.53. The Morgan fingerprint density at radius 3 is 2.60 bits per heavy atom. The molecule has 162 valence electrons. The summed E-state index contributed by atoms with van der Waals surface area (Å²) in [6, 6.07) is -0.307. The molecule has 0 saturated carbocycles. The van der Waals surface area contributed by atoms with Crippen molar-refractivity contribution in [3.05, 3.63) is 27.5 Å². The lowest BCUT2D eigenvalue weighted by Crippen LogP contribution is -2.46. The molecule has 30 heavy (non-hydrogen) atoms. The van der Waals surface area contributed by atoms with Gasteiger partial charge in [-0.3, -0.25) is 4.79 Å². The number of carbonyl (C=O) groups excluding carboxylic acids is 2. The minimum Gasteiger partial charge on any atom is -0.447 e. The summed E-state index contributed by atoms with van der Waals surface area (Å²) in [7, 11) is 0. The Morgan fingerprint density at radius 1 is 1.23 bits per heavy atom. The van der Waals surface area contributed by atoms with Crippen LogP contribution in [-0.2, 0) is 9.53 Å². The molecular weight excluding hydrogens is 422 g/mol. The number of thiazole rings is 2. The van der Waals surface area contributed by atoms with Gasteiger partial charge in [-0.1, -0.05) is 40.7 Å². The van der Waals surface area contributed by atoms with Gasteiger partial charge < -0.3 is 9.84 Å². The topological polar surface area (TPSA) is 92.6 Å². The molecule has 1 aliphatic heterocycles. The van der Waals surface area contributed by atoms with E-state index in [1.807, 2.05) is 24.6 Å². The van der Waals surface area contributed by atoms with E-state index in [2.05, 4.69) is 23.8 Å². The van der Waals surface area contributed by atoms with Crippen molar-refractivity contribution in [3.63, 3.8) is 0 Å². The van der Waals surface area contributed by atoms with E-state index >= 15 is 0 Å². The summed E-state index contributed by atoms with van der Waals surface area (Å²) in [6.45, 7) is 9.87. The first-order valence-corrected chi connectivity index (χ1v) is 11.7. The minimum atomic E-state index is -1.05. The van der Waals surface area contributed by atoms with Gasteiger partial charge in [0.15, 0.2) is 0 Å². The second-order valence-corrected chi connectivity index (χ2v) is 9.79. The average molecular weight is 450 g/mol. The normalized spacial score (nSPS) is 19.1. The molecule has 3 rings (SSSR count). The van der Waals surface area contributed by atoms with E-state index in [1.165, 1.54) is 17.4 Å². The zero-order valence-corrected chi connectivity index (χ0v) is 19.4. The standard InChI is InChI=1S/C21H27N3O4S2/c1-11(2)16-8-28-21(27)24(16)20(26)13(5)17(25)7-6-14-9-29-19(22-14)15-10-30-18(23-15)12(3)4/h6-7,9-13,16-17,25H,8H2,1-5H3/b7-6+/t13-,16+,17+/m0/s1. The van der Waals surface area contributed by atoms with Crippen molar-refractivity contribution in [2.75, 3.05) is 6.61 Å². The number of hydrogen-bond donors (Lipinski definition) is 1. The lowest BCUT2D eigenvalue weighted by Gasteiger charge is -2.26. The van der Waals surface area contributed by atoms with Gasteiger partial charge in [0, 0.05) is 16.7 Å². The number of amides is 2. The molecule has 2 aromatic heterocycles. The lowest BCUT2D eigenvalue weighted by molar-refractivity contribution is -0.136. The molecule has 0 aromatic carbocycles. The third kappa shape index (κ3) is 4.79. The summed E-state index contributed by atoms with van der Waals surface area (Å²) < 4.78 is 5.03. The Balaban J connectivity index is 1.66. The second kappa shape index (κ2) is 9.36. The van der Waals surface area contributed by atoms with Crippen molar-refractivity contribution < 1.29 is 19.4 Å². The lowest BCUT2D eigenvalue weighted by atomic mass is 9.99. The second-order valence-electron chi connectivity index (χ2n) is 8.04. The van der Waals surface area contributed by atoms with Gasteiger partial charge in [-0.25, -0.2) is 19.7 Å². The van der Waals surface area contributed by atoms with E-state index in [0.717, 1.165) is 20.6 Å². The zero-order valence-electron chi connectivity index (χ0n) is 17.7. The van der Waals surface area contributed by atoms with Gasteiger partial charge in [-0.15, -0.1) is 22.7 Å². The maximum Gasteiger partial charge on any atom is 0.416 e. The maximum atomic E-state index is 12.8. The van der Waals surface area contributed by atoms with Crippen LogP contribution >= 0.6 is 22.7 Å². The van der Waals surface area contributed by atoms with E-state index in [-0.39, 0.29) is 18.6 Å². The van der Waals surface area contributed by atoms with Gasteiger partial charge >= 0.3 is 6.09 Å².